The molecule has 0 spiro atoms. The Morgan fingerprint density at radius 2 is 1.72 bits per heavy atom. The van der Waals surface area contributed by atoms with Crippen molar-refractivity contribution in [1.29, 1.82) is 0 Å². The molecule has 0 aromatic heterocycles. The maximum atomic E-state index is 13.3. The standard InChI is InChI=1S/C24H25ClN2O4S/c1-3-31-21-13-10-19(11-14-21)16-26-24(28)17-27(20-12-9-18(2)23(25)15-20)32(29,30)22-7-5-4-6-8-22/h4-15H,3,16-17H2,1-2H3,(H,26,28). The SMILES string of the molecule is CCOc1ccc(CNC(=O)CN(c2ccc(C)c(Cl)c2)S(=O)(=O)c2ccccc2)cc1. The number of anilines is 1. The van der Waals surface area contributed by atoms with E-state index < -0.39 is 15.9 Å². The van der Waals surface area contributed by atoms with Gasteiger partial charge in [0.25, 0.3) is 10.0 Å². The summed E-state index contributed by atoms with van der Waals surface area (Å²) in [4.78, 5) is 12.8. The molecule has 0 radical (unpaired) electrons. The fourth-order valence-electron chi connectivity index (χ4n) is 3.03. The maximum Gasteiger partial charge on any atom is 0.264 e. The van der Waals surface area contributed by atoms with E-state index in [1.165, 1.54) is 12.1 Å². The Bertz CT molecular complexity index is 1170. The molecule has 3 rings (SSSR count). The van der Waals surface area contributed by atoms with Crippen LogP contribution in [0.2, 0.25) is 5.02 Å². The van der Waals surface area contributed by atoms with Gasteiger partial charge in [-0.15, -0.1) is 0 Å². The summed E-state index contributed by atoms with van der Waals surface area (Å²) in [5.41, 5.74) is 2.01. The summed E-state index contributed by atoms with van der Waals surface area (Å²) in [5.74, 6) is 0.314. The van der Waals surface area contributed by atoms with E-state index in [-0.39, 0.29) is 18.0 Å². The molecule has 0 aliphatic heterocycles. The largest absolute Gasteiger partial charge is 0.494 e. The Hall–Kier alpha value is -3.03. The minimum atomic E-state index is -3.98. The number of aryl methyl sites for hydroxylation is 1. The van der Waals surface area contributed by atoms with E-state index in [2.05, 4.69) is 5.32 Å². The van der Waals surface area contributed by atoms with Crippen LogP contribution in [0.4, 0.5) is 5.69 Å². The number of hydrogen-bond acceptors (Lipinski definition) is 4. The number of rotatable bonds is 9. The number of amides is 1. The van der Waals surface area contributed by atoms with Gasteiger partial charge in [0.05, 0.1) is 17.2 Å². The molecule has 32 heavy (non-hydrogen) atoms. The van der Waals surface area contributed by atoms with Gasteiger partial charge in [-0.25, -0.2) is 8.42 Å². The lowest BCUT2D eigenvalue weighted by atomic mass is 10.2. The fourth-order valence-corrected chi connectivity index (χ4v) is 4.64. The van der Waals surface area contributed by atoms with Gasteiger partial charge in [0, 0.05) is 11.6 Å². The maximum absolute atomic E-state index is 13.3. The third kappa shape index (κ3) is 5.81. The minimum absolute atomic E-state index is 0.0935. The fraction of sp³-hybridized carbons (Fsp3) is 0.208. The second kappa shape index (κ2) is 10.5. The highest BCUT2D eigenvalue weighted by molar-refractivity contribution is 7.92. The molecular formula is C24H25ClN2O4S. The zero-order valence-corrected chi connectivity index (χ0v) is 19.5. The van der Waals surface area contributed by atoms with Gasteiger partial charge in [-0.1, -0.05) is 48.0 Å². The van der Waals surface area contributed by atoms with Crippen LogP contribution in [0.5, 0.6) is 5.75 Å². The zero-order chi connectivity index (χ0) is 23.1. The minimum Gasteiger partial charge on any atom is -0.494 e. The molecule has 1 N–H and O–H groups in total. The third-order valence-corrected chi connectivity index (χ3v) is 6.98. The van der Waals surface area contributed by atoms with E-state index in [9.17, 15) is 13.2 Å². The highest BCUT2D eigenvalue weighted by Gasteiger charge is 2.27. The molecule has 0 bridgehead atoms. The van der Waals surface area contributed by atoms with Crippen LogP contribution in [0.3, 0.4) is 0 Å². The van der Waals surface area contributed by atoms with Crippen LogP contribution in [0.15, 0.2) is 77.7 Å². The van der Waals surface area contributed by atoms with E-state index in [1.54, 1.807) is 36.4 Å². The number of hydrogen-bond donors (Lipinski definition) is 1. The summed E-state index contributed by atoms with van der Waals surface area (Å²) >= 11 is 6.23. The molecule has 3 aromatic rings. The zero-order valence-electron chi connectivity index (χ0n) is 17.9. The third-order valence-electron chi connectivity index (χ3n) is 4.79. The van der Waals surface area contributed by atoms with Gasteiger partial charge in [-0.2, -0.15) is 0 Å². The summed E-state index contributed by atoms with van der Waals surface area (Å²) in [7, 11) is -3.98. The number of benzene rings is 3. The van der Waals surface area contributed by atoms with Crippen molar-refractivity contribution in [3.8, 4) is 5.75 Å². The molecule has 1 amide bonds. The van der Waals surface area contributed by atoms with Gasteiger partial charge < -0.3 is 10.1 Å². The highest BCUT2D eigenvalue weighted by Crippen LogP contribution is 2.28. The lowest BCUT2D eigenvalue weighted by Crippen LogP contribution is -2.40. The van der Waals surface area contributed by atoms with Crippen molar-refractivity contribution in [1.82, 2.24) is 5.32 Å². The Morgan fingerprint density at radius 3 is 2.34 bits per heavy atom. The lowest BCUT2D eigenvalue weighted by Gasteiger charge is -2.24. The van der Waals surface area contributed by atoms with E-state index in [4.69, 9.17) is 16.3 Å². The van der Waals surface area contributed by atoms with Crippen LogP contribution in [0, 0.1) is 6.92 Å². The molecule has 0 unspecified atom stereocenters. The predicted octanol–water partition coefficient (Wildman–Crippen LogP) is 4.56. The summed E-state index contributed by atoms with van der Waals surface area (Å²) in [6.07, 6.45) is 0. The Morgan fingerprint density at radius 1 is 1.03 bits per heavy atom. The number of carbonyl (C=O) groups excluding carboxylic acids is 1. The van der Waals surface area contributed by atoms with Crippen LogP contribution in [0.25, 0.3) is 0 Å². The van der Waals surface area contributed by atoms with Crippen LogP contribution in [-0.2, 0) is 21.4 Å². The normalized spacial score (nSPS) is 11.1. The smallest absolute Gasteiger partial charge is 0.264 e. The number of halogens is 1. The van der Waals surface area contributed by atoms with Crippen molar-refractivity contribution in [2.75, 3.05) is 17.5 Å². The number of sulfonamides is 1. The highest BCUT2D eigenvalue weighted by atomic mass is 35.5. The Kier molecular flexibility index (Phi) is 7.77. The first kappa shape index (κ1) is 23.6. The topological polar surface area (TPSA) is 75.7 Å². The van der Waals surface area contributed by atoms with Gasteiger partial charge in [0.1, 0.15) is 12.3 Å². The summed E-state index contributed by atoms with van der Waals surface area (Å²) < 4.78 is 33.1. The number of nitrogens with one attached hydrogen (secondary N) is 1. The van der Waals surface area contributed by atoms with Crippen LogP contribution in [-0.4, -0.2) is 27.5 Å². The number of ether oxygens (including phenoxy) is 1. The molecule has 0 fully saturated rings. The van der Waals surface area contributed by atoms with Gasteiger partial charge in [0.15, 0.2) is 0 Å². The van der Waals surface area contributed by atoms with Crippen LogP contribution >= 0.6 is 11.6 Å². The van der Waals surface area contributed by atoms with E-state index in [0.29, 0.717) is 17.3 Å². The first-order valence-electron chi connectivity index (χ1n) is 10.1. The number of nitrogens with zero attached hydrogens (tertiary/aromatic N) is 1. The van der Waals surface area contributed by atoms with Gasteiger partial charge in [-0.3, -0.25) is 9.10 Å². The van der Waals surface area contributed by atoms with Crippen LogP contribution in [0.1, 0.15) is 18.1 Å². The second-order valence-electron chi connectivity index (χ2n) is 7.11. The molecule has 0 aliphatic rings. The molecule has 0 saturated carbocycles. The van der Waals surface area contributed by atoms with Crippen LogP contribution < -0.4 is 14.4 Å². The number of carbonyl (C=O) groups is 1. The van der Waals surface area contributed by atoms with Gasteiger partial charge in [-0.05, 0) is 61.4 Å². The van der Waals surface area contributed by atoms with E-state index in [0.717, 1.165) is 21.2 Å². The predicted molar refractivity (Wildman–Crippen MR) is 127 cm³/mol. The van der Waals surface area contributed by atoms with E-state index in [1.807, 2.05) is 38.1 Å². The summed E-state index contributed by atoms with van der Waals surface area (Å²) in [6.45, 7) is 4.19. The summed E-state index contributed by atoms with van der Waals surface area (Å²) in [6, 6.07) is 20.3. The molecule has 0 aliphatic carbocycles. The van der Waals surface area contributed by atoms with Crippen molar-refractivity contribution in [3.63, 3.8) is 0 Å². The van der Waals surface area contributed by atoms with Crippen molar-refractivity contribution >= 4 is 33.2 Å². The average molecular weight is 473 g/mol. The molecule has 168 valence electrons. The average Bonchev–Trinajstić information content (AvgIpc) is 2.79. The summed E-state index contributed by atoms with van der Waals surface area (Å²) in [5, 5.41) is 3.20. The molecule has 0 atom stereocenters. The first-order chi connectivity index (χ1) is 15.3. The van der Waals surface area contributed by atoms with E-state index >= 15 is 0 Å². The molecular weight excluding hydrogens is 448 g/mol. The molecule has 8 heteroatoms. The Labute approximate surface area is 193 Å². The molecule has 0 saturated heterocycles. The molecule has 0 heterocycles. The van der Waals surface area contributed by atoms with Crippen molar-refractivity contribution in [2.24, 2.45) is 0 Å². The second-order valence-corrected chi connectivity index (χ2v) is 9.38. The monoisotopic (exact) mass is 472 g/mol. The van der Waals surface area contributed by atoms with Crippen molar-refractivity contribution < 1.29 is 17.9 Å². The first-order valence-corrected chi connectivity index (χ1v) is 12.0. The Balaban J connectivity index is 1.80. The van der Waals surface area contributed by atoms with Crippen molar-refractivity contribution in [3.05, 3.63) is 88.9 Å². The lowest BCUT2D eigenvalue weighted by molar-refractivity contribution is -0.119. The van der Waals surface area contributed by atoms with Gasteiger partial charge >= 0.3 is 0 Å². The van der Waals surface area contributed by atoms with Crippen molar-refractivity contribution in [2.45, 2.75) is 25.3 Å². The molecule has 3 aromatic carbocycles. The molecule has 6 nitrogen and oxygen atoms in total. The van der Waals surface area contributed by atoms with Gasteiger partial charge in [0.2, 0.25) is 5.91 Å². The quantitative estimate of drug-likeness (QED) is 0.495.